The molecule has 1 aromatic carbocycles. The molecule has 3 amide bonds. The highest BCUT2D eigenvalue weighted by Gasteiger charge is 2.30. The Hall–Kier alpha value is -2.83. The lowest BCUT2D eigenvalue weighted by molar-refractivity contribution is -0.119. The number of aromatic amines is 1. The number of carbonyl (C=O) groups excluding carboxylic acids is 2. The van der Waals surface area contributed by atoms with Crippen molar-refractivity contribution in [3.05, 3.63) is 48.0 Å². The van der Waals surface area contributed by atoms with Crippen LogP contribution in [-0.4, -0.2) is 45.9 Å². The van der Waals surface area contributed by atoms with Crippen LogP contribution in [0.25, 0.3) is 0 Å². The van der Waals surface area contributed by atoms with Gasteiger partial charge in [0.15, 0.2) is 0 Å². The molecule has 150 valence electrons. The summed E-state index contributed by atoms with van der Waals surface area (Å²) in [5.74, 6) is 0.875. The molecule has 1 aromatic heterocycles. The Bertz CT molecular complexity index is 796. The van der Waals surface area contributed by atoms with Crippen LogP contribution in [0.15, 0.2) is 36.5 Å². The predicted molar refractivity (Wildman–Crippen MR) is 109 cm³/mol. The molecule has 1 aliphatic rings. The summed E-state index contributed by atoms with van der Waals surface area (Å²) in [5.41, 5.74) is 1.90. The summed E-state index contributed by atoms with van der Waals surface area (Å²) >= 11 is 0. The van der Waals surface area contributed by atoms with E-state index in [0.29, 0.717) is 19.5 Å². The summed E-state index contributed by atoms with van der Waals surface area (Å²) in [5, 5.41) is 3.00. The summed E-state index contributed by atoms with van der Waals surface area (Å²) in [6.45, 7) is 6.99. The number of amides is 3. The first-order chi connectivity index (χ1) is 13.5. The van der Waals surface area contributed by atoms with Crippen LogP contribution in [0, 0.1) is 6.92 Å². The van der Waals surface area contributed by atoms with Gasteiger partial charge in [0.25, 0.3) is 0 Å². The minimum Gasteiger partial charge on any atom is -0.344 e. The SMILES string of the molecule is CCC(=O)N(c1ccccc1)C1CCN(C(=O)N[C@@H](C)c2ncc(C)[nH]2)CC1. The third kappa shape index (κ3) is 4.52. The Morgan fingerprint density at radius 2 is 1.96 bits per heavy atom. The summed E-state index contributed by atoms with van der Waals surface area (Å²) in [6, 6.07) is 9.64. The molecule has 0 saturated carbocycles. The summed E-state index contributed by atoms with van der Waals surface area (Å²) < 4.78 is 0. The van der Waals surface area contributed by atoms with Crippen LogP contribution in [-0.2, 0) is 4.79 Å². The van der Waals surface area contributed by atoms with Crippen molar-refractivity contribution >= 4 is 17.6 Å². The van der Waals surface area contributed by atoms with Crippen LogP contribution in [0.2, 0.25) is 0 Å². The van der Waals surface area contributed by atoms with E-state index in [0.717, 1.165) is 30.0 Å². The third-order valence-corrected chi connectivity index (χ3v) is 5.20. The number of carbonyl (C=O) groups is 2. The zero-order chi connectivity index (χ0) is 20.1. The standard InChI is InChI=1S/C21H29N5O2/c1-4-19(27)26(17-8-6-5-7-9-17)18-10-12-25(13-11-18)21(28)24-16(3)20-22-14-15(2)23-20/h5-9,14,16,18H,4,10-13H2,1-3H3,(H,22,23)(H,24,28)/t16-/m0/s1. The highest BCUT2D eigenvalue weighted by Crippen LogP contribution is 2.25. The van der Waals surface area contributed by atoms with Crippen LogP contribution < -0.4 is 10.2 Å². The second-order valence-corrected chi connectivity index (χ2v) is 7.29. The molecule has 2 aromatic rings. The van der Waals surface area contributed by atoms with Crippen LogP contribution in [0.4, 0.5) is 10.5 Å². The molecular formula is C21H29N5O2. The van der Waals surface area contributed by atoms with Crippen LogP contribution in [0.1, 0.15) is 50.7 Å². The van der Waals surface area contributed by atoms with Crippen molar-refractivity contribution in [1.29, 1.82) is 0 Å². The molecule has 28 heavy (non-hydrogen) atoms. The lowest BCUT2D eigenvalue weighted by Crippen LogP contribution is -2.51. The predicted octanol–water partition coefficient (Wildman–Crippen LogP) is 3.40. The molecule has 0 aliphatic carbocycles. The van der Waals surface area contributed by atoms with Crippen LogP contribution in [0.5, 0.6) is 0 Å². The number of aromatic nitrogens is 2. The van der Waals surface area contributed by atoms with E-state index >= 15 is 0 Å². The summed E-state index contributed by atoms with van der Waals surface area (Å²) in [7, 11) is 0. The maximum atomic E-state index is 12.6. The maximum absolute atomic E-state index is 12.6. The number of rotatable bonds is 5. The van der Waals surface area contributed by atoms with Gasteiger partial charge in [0, 0.05) is 43.1 Å². The van der Waals surface area contributed by atoms with Crippen LogP contribution >= 0.6 is 0 Å². The fraction of sp³-hybridized carbons (Fsp3) is 0.476. The van der Waals surface area contributed by atoms with E-state index in [1.54, 1.807) is 6.20 Å². The van der Waals surface area contributed by atoms with Crippen molar-refractivity contribution in [1.82, 2.24) is 20.2 Å². The fourth-order valence-corrected chi connectivity index (χ4v) is 3.64. The molecule has 7 heteroatoms. The van der Waals surface area contributed by atoms with Gasteiger partial charge in [-0.3, -0.25) is 4.79 Å². The van der Waals surface area contributed by atoms with Gasteiger partial charge in [0.2, 0.25) is 5.91 Å². The summed E-state index contributed by atoms with van der Waals surface area (Å²) in [6.07, 6.45) is 3.76. The first-order valence-electron chi connectivity index (χ1n) is 9.93. The van der Waals surface area contributed by atoms with E-state index in [9.17, 15) is 9.59 Å². The first kappa shape index (κ1) is 19.9. The molecule has 0 spiro atoms. The van der Waals surface area contributed by atoms with Gasteiger partial charge in [-0.05, 0) is 38.8 Å². The molecule has 1 aliphatic heterocycles. The number of hydrogen-bond acceptors (Lipinski definition) is 3. The van der Waals surface area contributed by atoms with Gasteiger partial charge in [-0.2, -0.15) is 0 Å². The number of nitrogens with zero attached hydrogens (tertiary/aromatic N) is 3. The van der Waals surface area contributed by atoms with E-state index in [1.807, 2.05) is 60.9 Å². The second kappa shape index (κ2) is 8.91. The quantitative estimate of drug-likeness (QED) is 0.830. The number of para-hydroxylation sites is 1. The Kier molecular flexibility index (Phi) is 6.34. The molecule has 0 unspecified atom stereocenters. The van der Waals surface area contributed by atoms with Crippen molar-refractivity contribution in [2.75, 3.05) is 18.0 Å². The summed E-state index contributed by atoms with van der Waals surface area (Å²) in [4.78, 5) is 36.3. The zero-order valence-electron chi connectivity index (χ0n) is 16.8. The van der Waals surface area contributed by atoms with Crippen molar-refractivity contribution in [3.63, 3.8) is 0 Å². The molecule has 7 nitrogen and oxygen atoms in total. The number of likely N-dealkylation sites (tertiary alicyclic amines) is 1. The number of nitrogens with one attached hydrogen (secondary N) is 2. The van der Waals surface area contributed by atoms with E-state index in [4.69, 9.17) is 0 Å². The van der Waals surface area contributed by atoms with E-state index in [-0.39, 0.29) is 24.0 Å². The topological polar surface area (TPSA) is 81.3 Å². The van der Waals surface area contributed by atoms with Crippen molar-refractivity contribution in [2.45, 2.75) is 52.1 Å². The minimum atomic E-state index is -0.179. The smallest absolute Gasteiger partial charge is 0.317 e. The van der Waals surface area contributed by atoms with Gasteiger partial charge in [0.1, 0.15) is 5.82 Å². The van der Waals surface area contributed by atoms with Gasteiger partial charge < -0.3 is 20.1 Å². The molecule has 0 radical (unpaired) electrons. The Balaban J connectivity index is 1.59. The number of benzene rings is 1. The molecular weight excluding hydrogens is 354 g/mol. The lowest BCUT2D eigenvalue weighted by Gasteiger charge is -2.38. The van der Waals surface area contributed by atoms with E-state index < -0.39 is 0 Å². The average Bonchev–Trinajstić information content (AvgIpc) is 3.16. The Morgan fingerprint density at radius 1 is 1.29 bits per heavy atom. The van der Waals surface area contributed by atoms with Crippen molar-refractivity contribution in [2.24, 2.45) is 0 Å². The molecule has 0 bridgehead atoms. The van der Waals surface area contributed by atoms with Gasteiger partial charge in [-0.15, -0.1) is 0 Å². The highest BCUT2D eigenvalue weighted by molar-refractivity contribution is 5.93. The Morgan fingerprint density at radius 3 is 2.54 bits per heavy atom. The molecule has 3 rings (SSSR count). The number of urea groups is 1. The normalized spacial score (nSPS) is 15.9. The monoisotopic (exact) mass is 383 g/mol. The number of piperidine rings is 1. The lowest BCUT2D eigenvalue weighted by atomic mass is 10.0. The van der Waals surface area contributed by atoms with Gasteiger partial charge in [-0.25, -0.2) is 9.78 Å². The number of hydrogen-bond donors (Lipinski definition) is 2. The third-order valence-electron chi connectivity index (χ3n) is 5.20. The maximum Gasteiger partial charge on any atom is 0.317 e. The number of imidazole rings is 1. The largest absolute Gasteiger partial charge is 0.344 e. The molecule has 1 atom stereocenters. The number of aryl methyl sites for hydroxylation is 1. The van der Waals surface area contributed by atoms with E-state index in [2.05, 4.69) is 15.3 Å². The minimum absolute atomic E-state index is 0.0897. The van der Waals surface area contributed by atoms with Gasteiger partial charge in [-0.1, -0.05) is 25.1 Å². The average molecular weight is 383 g/mol. The van der Waals surface area contributed by atoms with Gasteiger partial charge >= 0.3 is 6.03 Å². The van der Waals surface area contributed by atoms with Crippen molar-refractivity contribution in [3.8, 4) is 0 Å². The van der Waals surface area contributed by atoms with Gasteiger partial charge in [0.05, 0.1) is 6.04 Å². The molecule has 1 saturated heterocycles. The molecule has 1 fully saturated rings. The van der Waals surface area contributed by atoms with Crippen LogP contribution in [0.3, 0.4) is 0 Å². The second-order valence-electron chi connectivity index (χ2n) is 7.29. The van der Waals surface area contributed by atoms with E-state index in [1.165, 1.54) is 0 Å². The highest BCUT2D eigenvalue weighted by atomic mass is 16.2. The first-order valence-corrected chi connectivity index (χ1v) is 9.93. The molecule has 2 N–H and O–H groups in total. The fourth-order valence-electron chi connectivity index (χ4n) is 3.64. The molecule has 2 heterocycles. The number of anilines is 1. The zero-order valence-corrected chi connectivity index (χ0v) is 16.8. The number of H-pyrrole nitrogens is 1. The van der Waals surface area contributed by atoms with Crippen molar-refractivity contribution < 1.29 is 9.59 Å². The Labute approximate surface area is 166 Å².